The maximum Gasteiger partial charge on any atom is 0.406 e. The Morgan fingerprint density at radius 1 is 1.16 bits per heavy atom. The summed E-state index contributed by atoms with van der Waals surface area (Å²) >= 11 is 0. The van der Waals surface area contributed by atoms with Crippen molar-refractivity contribution in [3.8, 4) is 17.6 Å². The van der Waals surface area contributed by atoms with Crippen LogP contribution >= 0.6 is 0 Å². The lowest BCUT2D eigenvalue weighted by atomic mass is 10.1. The number of hydrogen-bond acceptors (Lipinski definition) is 6. The largest absolute Gasteiger partial charge is 0.495 e. The van der Waals surface area contributed by atoms with Gasteiger partial charge < -0.3 is 30.7 Å². The van der Waals surface area contributed by atoms with E-state index >= 15 is 0 Å². The first-order valence-electron chi connectivity index (χ1n) is 12.2. The van der Waals surface area contributed by atoms with Gasteiger partial charge in [-0.3, -0.25) is 4.79 Å². The summed E-state index contributed by atoms with van der Waals surface area (Å²) in [5, 5.41) is 3.72. The third-order valence-corrected chi connectivity index (χ3v) is 6.48. The molecule has 1 saturated heterocycles. The van der Waals surface area contributed by atoms with Crippen molar-refractivity contribution in [2.45, 2.75) is 31.6 Å². The topological polar surface area (TPSA) is 96.6 Å². The average Bonchev–Trinajstić information content (AvgIpc) is 3.22. The minimum absolute atomic E-state index is 0.141. The highest BCUT2D eigenvalue weighted by molar-refractivity contribution is 5.94. The molecule has 1 aliphatic rings. The number of piperidine rings is 1. The fourth-order valence-electron chi connectivity index (χ4n) is 4.44. The molecule has 0 aliphatic carbocycles. The van der Waals surface area contributed by atoms with Gasteiger partial charge in [0.2, 0.25) is 5.91 Å². The van der Waals surface area contributed by atoms with Gasteiger partial charge in [0, 0.05) is 17.0 Å². The lowest BCUT2D eigenvalue weighted by Crippen LogP contribution is -2.43. The monoisotopic (exact) mass is 528 g/mol. The van der Waals surface area contributed by atoms with E-state index in [1.807, 2.05) is 6.07 Å². The number of rotatable bonds is 8. The highest BCUT2D eigenvalue weighted by atomic mass is 19.4. The number of nitrogens with zero attached hydrogens (tertiary/aromatic N) is 2. The predicted molar refractivity (Wildman–Crippen MR) is 142 cm³/mol. The van der Waals surface area contributed by atoms with Crippen molar-refractivity contribution in [2.24, 2.45) is 5.73 Å². The number of aromatic nitrogens is 1. The Morgan fingerprint density at radius 3 is 2.61 bits per heavy atom. The number of alkyl halides is 3. The summed E-state index contributed by atoms with van der Waals surface area (Å²) < 4.78 is 46.9. The van der Waals surface area contributed by atoms with E-state index in [1.165, 1.54) is 17.7 Å². The smallest absolute Gasteiger partial charge is 0.406 e. The molecular weight excluding hydrogens is 497 g/mol. The molecule has 1 aliphatic heterocycles. The van der Waals surface area contributed by atoms with E-state index in [2.05, 4.69) is 40.0 Å². The molecule has 5 N–H and O–H groups in total. The molecule has 11 heteroatoms. The summed E-state index contributed by atoms with van der Waals surface area (Å²) in [7, 11) is 3.54. The molecule has 0 atom stereocenters. The Hall–Kier alpha value is -3.88. The molecule has 4 rings (SSSR count). The van der Waals surface area contributed by atoms with E-state index < -0.39 is 18.6 Å². The number of halogens is 3. The lowest BCUT2D eigenvalue weighted by molar-refractivity contribution is -0.140. The summed E-state index contributed by atoms with van der Waals surface area (Å²) in [5.74, 6) is 5.60. The van der Waals surface area contributed by atoms with Gasteiger partial charge in [0.15, 0.2) is 0 Å². The molecule has 1 aromatic heterocycles. The zero-order chi connectivity index (χ0) is 27.3. The zero-order valence-electron chi connectivity index (χ0n) is 21.3. The normalized spacial score (nSPS) is 14.7. The Morgan fingerprint density at radius 2 is 1.92 bits per heavy atom. The van der Waals surface area contributed by atoms with Crippen LogP contribution < -0.4 is 26.6 Å². The van der Waals surface area contributed by atoms with Crippen molar-refractivity contribution in [1.82, 2.24) is 14.9 Å². The first kappa shape index (κ1) is 27.2. The Kier molecular flexibility index (Phi) is 8.34. The van der Waals surface area contributed by atoms with E-state index in [-0.39, 0.29) is 18.3 Å². The molecule has 1 fully saturated rings. The average molecular weight is 529 g/mol. The van der Waals surface area contributed by atoms with Crippen molar-refractivity contribution in [3.05, 3.63) is 53.7 Å². The van der Waals surface area contributed by atoms with Gasteiger partial charge in [-0.05, 0) is 75.3 Å². The molecule has 3 aromatic rings. The Bertz CT molecular complexity index is 1350. The molecule has 0 bridgehead atoms. The molecule has 8 nitrogen and oxygen atoms in total. The molecule has 0 unspecified atom stereocenters. The molecule has 0 radical (unpaired) electrons. The number of methoxy groups -OCH3 is 1. The summed E-state index contributed by atoms with van der Waals surface area (Å²) in [6, 6.07) is 11.9. The second-order valence-corrected chi connectivity index (χ2v) is 9.25. The third-order valence-electron chi connectivity index (χ3n) is 6.48. The number of hydrazine groups is 1. The van der Waals surface area contributed by atoms with Gasteiger partial charge in [-0.1, -0.05) is 12.0 Å². The highest BCUT2D eigenvalue weighted by Crippen LogP contribution is 2.30. The van der Waals surface area contributed by atoms with Crippen molar-refractivity contribution in [2.75, 3.05) is 44.5 Å². The van der Waals surface area contributed by atoms with Crippen LogP contribution in [0.15, 0.2) is 42.5 Å². The van der Waals surface area contributed by atoms with Crippen LogP contribution in [0.3, 0.4) is 0 Å². The first-order valence-corrected chi connectivity index (χ1v) is 12.2. The van der Waals surface area contributed by atoms with Crippen LogP contribution in [-0.2, 0) is 6.54 Å². The maximum absolute atomic E-state index is 13.5. The van der Waals surface area contributed by atoms with E-state index in [9.17, 15) is 18.0 Å². The van der Waals surface area contributed by atoms with Gasteiger partial charge >= 0.3 is 6.18 Å². The van der Waals surface area contributed by atoms with E-state index in [1.54, 1.807) is 30.3 Å². The third kappa shape index (κ3) is 6.70. The molecule has 1 amide bonds. The van der Waals surface area contributed by atoms with Crippen molar-refractivity contribution >= 4 is 28.2 Å². The maximum atomic E-state index is 13.5. The number of nitrogens with one attached hydrogen (secondary N) is 3. The van der Waals surface area contributed by atoms with Crippen LogP contribution in [0.25, 0.3) is 10.9 Å². The Balaban J connectivity index is 1.55. The molecule has 0 spiro atoms. The second-order valence-electron chi connectivity index (χ2n) is 9.25. The highest BCUT2D eigenvalue weighted by Gasteiger charge is 2.30. The number of amides is 1. The molecule has 2 heterocycles. The molecule has 2 aromatic carbocycles. The van der Waals surface area contributed by atoms with Gasteiger partial charge in [0.1, 0.15) is 12.3 Å². The number of fused-ring (bicyclic) bond motifs is 1. The van der Waals surface area contributed by atoms with Crippen LogP contribution in [0.5, 0.6) is 5.75 Å². The lowest BCUT2D eigenvalue weighted by Gasteiger charge is -2.30. The van der Waals surface area contributed by atoms with Crippen molar-refractivity contribution in [1.29, 1.82) is 0 Å². The SMILES string of the molecule is COc1cc(C(N)=O)ccc1NCC#Cc1cc2c(NNC3CCN(C)CC3)cccc2n1CC(F)(F)F. The summed E-state index contributed by atoms with van der Waals surface area (Å²) in [5.41, 5.74) is 14.1. The van der Waals surface area contributed by atoms with Crippen LogP contribution in [0.2, 0.25) is 0 Å². The number of nitrogens with two attached hydrogens (primary N) is 1. The fraction of sp³-hybridized carbons (Fsp3) is 0.370. The van der Waals surface area contributed by atoms with Crippen LogP contribution in [0.1, 0.15) is 28.9 Å². The standard InChI is InChI=1S/C27H31F3N6O2/c1-35-13-10-19(11-14-35)33-34-22-6-3-7-24-21(22)16-20(36(24)17-27(28,29)30)5-4-12-32-23-9-8-18(26(31)37)15-25(23)38-2/h3,6-9,15-16,19,32-34H,10-14,17H2,1-2H3,(H2,31,37). The molecular formula is C27H31F3N6O2. The Labute approximate surface area is 219 Å². The van der Waals surface area contributed by atoms with Gasteiger partial charge in [0.25, 0.3) is 0 Å². The van der Waals surface area contributed by atoms with Gasteiger partial charge in [-0.25, -0.2) is 5.43 Å². The summed E-state index contributed by atoms with van der Waals surface area (Å²) in [4.78, 5) is 13.7. The van der Waals surface area contributed by atoms with Crippen LogP contribution in [0.4, 0.5) is 24.5 Å². The number of ether oxygens (including phenoxy) is 1. The van der Waals surface area contributed by atoms with E-state index in [4.69, 9.17) is 10.5 Å². The van der Waals surface area contributed by atoms with Gasteiger partial charge in [0.05, 0.1) is 36.2 Å². The van der Waals surface area contributed by atoms with Crippen molar-refractivity contribution in [3.63, 3.8) is 0 Å². The van der Waals surface area contributed by atoms with Gasteiger partial charge in [-0.2, -0.15) is 13.2 Å². The van der Waals surface area contributed by atoms with Crippen LogP contribution in [0, 0.1) is 11.8 Å². The quantitative estimate of drug-likeness (QED) is 0.263. The predicted octanol–water partition coefficient (Wildman–Crippen LogP) is 3.79. The van der Waals surface area contributed by atoms with E-state index in [0.29, 0.717) is 33.6 Å². The molecule has 202 valence electrons. The molecule has 0 saturated carbocycles. The number of carbonyl (C=O) groups excluding carboxylic acids is 1. The number of primary amides is 1. The minimum Gasteiger partial charge on any atom is -0.495 e. The van der Waals surface area contributed by atoms with Crippen molar-refractivity contribution < 1.29 is 22.7 Å². The second kappa shape index (κ2) is 11.7. The van der Waals surface area contributed by atoms with E-state index in [0.717, 1.165) is 25.9 Å². The number of benzene rings is 2. The van der Waals surface area contributed by atoms with Gasteiger partial charge in [-0.15, -0.1) is 0 Å². The molecule has 38 heavy (non-hydrogen) atoms. The minimum atomic E-state index is -4.41. The van der Waals surface area contributed by atoms with Crippen LogP contribution in [-0.4, -0.2) is 61.4 Å². The zero-order valence-corrected chi connectivity index (χ0v) is 21.3. The summed E-state index contributed by atoms with van der Waals surface area (Å²) in [6.45, 7) is 0.964. The number of likely N-dealkylation sites (tertiary alicyclic amines) is 1. The number of hydrogen-bond donors (Lipinski definition) is 4. The summed E-state index contributed by atoms with van der Waals surface area (Å²) in [6.07, 6.45) is -2.45. The first-order chi connectivity index (χ1) is 18.1. The number of carbonyl (C=O) groups is 1. The number of anilines is 2. The fourth-order valence-corrected chi connectivity index (χ4v) is 4.44.